The minimum atomic E-state index is -0.109. The number of rotatable bonds is 5. The first-order valence-corrected chi connectivity index (χ1v) is 9.27. The van der Waals surface area contributed by atoms with Crippen LogP contribution < -0.4 is 10.1 Å². The van der Waals surface area contributed by atoms with E-state index >= 15 is 0 Å². The molecule has 0 saturated heterocycles. The van der Waals surface area contributed by atoms with Crippen LogP contribution in [-0.4, -0.2) is 17.1 Å². The molecule has 1 amide bonds. The van der Waals surface area contributed by atoms with E-state index in [1.54, 1.807) is 0 Å². The van der Waals surface area contributed by atoms with Crippen LogP contribution in [0.15, 0.2) is 72.9 Å². The molecule has 0 saturated carbocycles. The summed E-state index contributed by atoms with van der Waals surface area (Å²) < 4.78 is 7.52. The Hall–Kier alpha value is -3.05. The van der Waals surface area contributed by atoms with Gasteiger partial charge in [-0.1, -0.05) is 18.2 Å². The van der Waals surface area contributed by atoms with Crippen molar-refractivity contribution in [2.75, 3.05) is 11.9 Å². The van der Waals surface area contributed by atoms with E-state index < -0.39 is 0 Å². The van der Waals surface area contributed by atoms with Gasteiger partial charge in [-0.3, -0.25) is 4.79 Å². The number of carbonyl (C=O) groups excluding carboxylic acids is 1. The number of nitrogens with one attached hydrogen (secondary N) is 1. The summed E-state index contributed by atoms with van der Waals surface area (Å²) in [6.07, 6.45) is 2.03. The van der Waals surface area contributed by atoms with Crippen LogP contribution in [0.1, 0.15) is 16.6 Å². The van der Waals surface area contributed by atoms with Gasteiger partial charge in [0.05, 0.1) is 17.0 Å². The molecule has 5 heteroatoms. The van der Waals surface area contributed by atoms with Crippen molar-refractivity contribution >= 4 is 33.8 Å². The molecule has 0 aliphatic heterocycles. The van der Waals surface area contributed by atoms with Gasteiger partial charge in [0.1, 0.15) is 10.8 Å². The van der Waals surface area contributed by atoms with Gasteiger partial charge in [0, 0.05) is 11.9 Å². The van der Waals surface area contributed by atoms with Crippen molar-refractivity contribution in [3.8, 4) is 10.8 Å². The lowest BCUT2D eigenvalue weighted by molar-refractivity contribution is 0.103. The molecule has 0 bridgehead atoms. The largest absolute Gasteiger partial charge is 0.494 e. The summed E-state index contributed by atoms with van der Waals surface area (Å²) >= 11 is 1.47. The van der Waals surface area contributed by atoms with Gasteiger partial charge in [-0.05, 0) is 60.8 Å². The molecule has 1 N–H and O–H groups in total. The monoisotopic (exact) mass is 362 g/mol. The number of carbonyl (C=O) groups is 1. The van der Waals surface area contributed by atoms with Gasteiger partial charge in [-0.25, -0.2) is 0 Å². The second-order valence-electron chi connectivity index (χ2n) is 5.79. The van der Waals surface area contributed by atoms with Crippen LogP contribution in [0.25, 0.3) is 15.9 Å². The molecule has 4 nitrogen and oxygen atoms in total. The number of benzene rings is 2. The fourth-order valence-corrected chi connectivity index (χ4v) is 3.75. The molecule has 0 atom stereocenters. The Bertz CT molecular complexity index is 1050. The number of para-hydroxylation sites is 1. The highest BCUT2D eigenvalue weighted by Gasteiger charge is 2.12. The molecule has 0 unspecified atom stereocenters. The lowest BCUT2D eigenvalue weighted by Gasteiger charge is -2.06. The van der Waals surface area contributed by atoms with E-state index in [0.717, 1.165) is 22.0 Å². The van der Waals surface area contributed by atoms with Gasteiger partial charge in [0.25, 0.3) is 5.91 Å². The van der Waals surface area contributed by atoms with Gasteiger partial charge < -0.3 is 14.6 Å². The second kappa shape index (κ2) is 7.06. The Morgan fingerprint density at radius 3 is 2.65 bits per heavy atom. The van der Waals surface area contributed by atoms with Crippen molar-refractivity contribution < 1.29 is 9.53 Å². The molecule has 26 heavy (non-hydrogen) atoms. The topological polar surface area (TPSA) is 43.3 Å². The van der Waals surface area contributed by atoms with Crippen molar-refractivity contribution in [2.45, 2.75) is 6.92 Å². The molecular formula is C21H18N2O2S. The van der Waals surface area contributed by atoms with E-state index in [0.29, 0.717) is 11.5 Å². The Morgan fingerprint density at radius 1 is 1.04 bits per heavy atom. The summed E-state index contributed by atoms with van der Waals surface area (Å²) in [6.45, 7) is 2.57. The number of anilines is 1. The second-order valence-corrected chi connectivity index (χ2v) is 6.86. The minimum Gasteiger partial charge on any atom is -0.494 e. The first-order valence-electron chi connectivity index (χ1n) is 8.45. The van der Waals surface area contributed by atoms with E-state index in [1.165, 1.54) is 16.7 Å². The molecule has 0 fully saturated rings. The lowest BCUT2D eigenvalue weighted by atomic mass is 10.2. The SMILES string of the molecule is CCOc1ccc(NC(=O)c2ccc(-n3ccc4ccccc43)s2)cc1. The van der Waals surface area contributed by atoms with Crippen LogP contribution in [0.4, 0.5) is 5.69 Å². The summed E-state index contributed by atoms with van der Waals surface area (Å²) in [5, 5.41) is 5.13. The van der Waals surface area contributed by atoms with Gasteiger partial charge in [-0.2, -0.15) is 0 Å². The van der Waals surface area contributed by atoms with Crippen molar-refractivity contribution in [3.63, 3.8) is 0 Å². The average Bonchev–Trinajstić information content (AvgIpc) is 3.30. The highest BCUT2D eigenvalue weighted by molar-refractivity contribution is 7.16. The third-order valence-electron chi connectivity index (χ3n) is 4.08. The molecule has 2 aromatic carbocycles. The van der Waals surface area contributed by atoms with Crippen LogP contribution >= 0.6 is 11.3 Å². The third-order valence-corrected chi connectivity index (χ3v) is 5.16. The highest BCUT2D eigenvalue weighted by atomic mass is 32.1. The fourth-order valence-electron chi connectivity index (χ4n) is 2.85. The Morgan fingerprint density at radius 2 is 1.85 bits per heavy atom. The van der Waals surface area contributed by atoms with Crippen LogP contribution in [0.2, 0.25) is 0 Å². The normalized spacial score (nSPS) is 10.8. The molecule has 4 rings (SSSR count). The lowest BCUT2D eigenvalue weighted by Crippen LogP contribution is -2.09. The van der Waals surface area contributed by atoms with Gasteiger partial charge >= 0.3 is 0 Å². The zero-order valence-corrected chi connectivity index (χ0v) is 15.1. The minimum absolute atomic E-state index is 0.109. The Balaban J connectivity index is 1.53. The molecule has 130 valence electrons. The zero-order valence-electron chi connectivity index (χ0n) is 14.3. The molecule has 0 aliphatic carbocycles. The molecule has 2 aromatic heterocycles. The third kappa shape index (κ3) is 3.21. The standard InChI is InChI=1S/C21H18N2O2S/c1-2-25-17-9-7-16(8-10-17)22-21(24)19-11-12-20(26-19)23-14-13-15-5-3-4-6-18(15)23/h3-14H,2H2,1H3,(H,22,24). The predicted molar refractivity (Wildman–Crippen MR) is 107 cm³/mol. The molecule has 4 aromatic rings. The van der Waals surface area contributed by atoms with Crippen LogP contribution in [-0.2, 0) is 0 Å². The summed E-state index contributed by atoms with van der Waals surface area (Å²) in [7, 11) is 0. The Labute approximate surface area is 155 Å². The smallest absolute Gasteiger partial charge is 0.265 e. The number of ether oxygens (including phenoxy) is 1. The Kier molecular flexibility index (Phi) is 4.46. The number of aromatic nitrogens is 1. The van der Waals surface area contributed by atoms with E-state index in [1.807, 2.05) is 61.7 Å². The van der Waals surface area contributed by atoms with E-state index in [9.17, 15) is 4.79 Å². The van der Waals surface area contributed by atoms with Crippen LogP contribution in [0.3, 0.4) is 0 Å². The summed E-state index contributed by atoms with van der Waals surface area (Å²) in [4.78, 5) is 13.2. The fraction of sp³-hybridized carbons (Fsp3) is 0.0952. The number of hydrogen-bond donors (Lipinski definition) is 1. The molecule has 0 radical (unpaired) electrons. The van der Waals surface area contributed by atoms with Crippen molar-refractivity contribution in [2.24, 2.45) is 0 Å². The number of hydrogen-bond acceptors (Lipinski definition) is 3. The molecule has 2 heterocycles. The molecule has 0 aliphatic rings. The predicted octanol–water partition coefficient (Wildman–Crippen LogP) is 5.34. The number of nitrogens with zero attached hydrogens (tertiary/aromatic N) is 1. The number of thiophene rings is 1. The van der Waals surface area contributed by atoms with Gasteiger partial charge in [0.2, 0.25) is 0 Å². The van der Waals surface area contributed by atoms with Crippen LogP contribution in [0.5, 0.6) is 5.75 Å². The van der Waals surface area contributed by atoms with Gasteiger partial charge in [0.15, 0.2) is 0 Å². The highest BCUT2D eigenvalue weighted by Crippen LogP contribution is 2.27. The quantitative estimate of drug-likeness (QED) is 0.520. The molecule has 0 spiro atoms. The van der Waals surface area contributed by atoms with E-state index in [4.69, 9.17) is 4.74 Å². The van der Waals surface area contributed by atoms with Gasteiger partial charge in [-0.15, -0.1) is 11.3 Å². The maximum absolute atomic E-state index is 12.5. The van der Waals surface area contributed by atoms with Crippen molar-refractivity contribution in [1.82, 2.24) is 4.57 Å². The van der Waals surface area contributed by atoms with E-state index in [2.05, 4.69) is 28.1 Å². The van der Waals surface area contributed by atoms with Crippen LogP contribution in [0, 0.1) is 0 Å². The maximum atomic E-state index is 12.5. The first kappa shape index (κ1) is 16.4. The molecular weight excluding hydrogens is 344 g/mol. The maximum Gasteiger partial charge on any atom is 0.265 e. The summed E-state index contributed by atoms with van der Waals surface area (Å²) in [5.74, 6) is 0.685. The first-order chi connectivity index (χ1) is 12.7. The van der Waals surface area contributed by atoms with E-state index in [-0.39, 0.29) is 5.91 Å². The summed E-state index contributed by atoms with van der Waals surface area (Å²) in [6, 6.07) is 21.5. The number of fused-ring (bicyclic) bond motifs is 1. The van der Waals surface area contributed by atoms with Crippen molar-refractivity contribution in [1.29, 1.82) is 0 Å². The number of amides is 1. The summed E-state index contributed by atoms with van der Waals surface area (Å²) in [5.41, 5.74) is 1.88. The average molecular weight is 362 g/mol. The zero-order chi connectivity index (χ0) is 17.9. The van der Waals surface area contributed by atoms with Crippen molar-refractivity contribution in [3.05, 3.63) is 77.8 Å².